The number of hydrogen-bond acceptors (Lipinski definition) is 2. The maximum absolute atomic E-state index is 13.1. The third-order valence-electron chi connectivity index (χ3n) is 3.65. The molecule has 0 saturated heterocycles. The van der Waals surface area contributed by atoms with Gasteiger partial charge in [-0.3, -0.25) is 10.00 Å². The van der Waals surface area contributed by atoms with Gasteiger partial charge in [0.1, 0.15) is 5.82 Å². The lowest BCUT2D eigenvalue weighted by Crippen LogP contribution is -2.18. The third kappa shape index (κ3) is 2.68. The Labute approximate surface area is 112 Å². The second-order valence-corrected chi connectivity index (χ2v) is 5.28. The first-order valence-electron chi connectivity index (χ1n) is 6.70. The van der Waals surface area contributed by atoms with Crippen LogP contribution in [0.2, 0.25) is 0 Å². The zero-order valence-electron chi connectivity index (χ0n) is 11.1. The van der Waals surface area contributed by atoms with Crippen molar-refractivity contribution < 1.29 is 4.39 Å². The summed E-state index contributed by atoms with van der Waals surface area (Å²) in [6.45, 7) is 1.54. The summed E-state index contributed by atoms with van der Waals surface area (Å²) in [5, 5.41) is 7.52. The fraction of sp³-hybridized carbons (Fsp3) is 0.400. The van der Waals surface area contributed by atoms with Crippen molar-refractivity contribution in [3.8, 4) is 0 Å². The predicted octanol–water partition coefficient (Wildman–Crippen LogP) is 2.67. The summed E-state index contributed by atoms with van der Waals surface area (Å²) in [6.07, 6.45) is 3.48. The molecule has 1 aliphatic rings. The van der Waals surface area contributed by atoms with E-state index in [0.717, 1.165) is 37.2 Å². The first kappa shape index (κ1) is 12.4. The van der Waals surface area contributed by atoms with Crippen LogP contribution in [0.25, 0.3) is 0 Å². The number of hydrogen-bond donors (Lipinski definition) is 1. The highest BCUT2D eigenvalue weighted by atomic mass is 19.1. The summed E-state index contributed by atoms with van der Waals surface area (Å²) in [5.74, 6) is -0.174. The molecule has 0 unspecified atom stereocenters. The largest absolute Gasteiger partial charge is 0.296 e. The van der Waals surface area contributed by atoms with Crippen LogP contribution in [0.3, 0.4) is 0 Å². The summed E-state index contributed by atoms with van der Waals surface area (Å²) in [5.41, 5.74) is 4.83. The number of aromatic amines is 1. The molecule has 0 spiro atoms. The Balaban J connectivity index is 1.66. The lowest BCUT2D eigenvalue weighted by atomic mass is 10.1. The minimum absolute atomic E-state index is 0.174. The Morgan fingerprint density at radius 2 is 2.21 bits per heavy atom. The second kappa shape index (κ2) is 5.13. The van der Waals surface area contributed by atoms with E-state index in [9.17, 15) is 4.39 Å². The highest BCUT2D eigenvalue weighted by Crippen LogP contribution is 2.23. The van der Waals surface area contributed by atoms with Gasteiger partial charge in [0.05, 0.1) is 5.69 Å². The maximum Gasteiger partial charge on any atom is 0.123 e. The van der Waals surface area contributed by atoms with E-state index in [1.165, 1.54) is 23.7 Å². The molecule has 3 rings (SSSR count). The molecule has 100 valence electrons. The van der Waals surface area contributed by atoms with Gasteiger partial charge in [0, 0.05) is 18.8 Å². The highest BCUT2D eigenvalue weighted by molar-refractivity contribution is 5.29. The number of nitrogens with zero attached hydrogens (tertiary/aromatic N) is 2. The molecular formula is C15H18FN3. The van der Waals surface area contributed by atoms with Crippen molar-refractivity contribution in [2.45, 2.75) is 32.4 Å². The summed E-state index contributed by atoms with van der Waals surface area (Å²) < 4.78 is 13.1. The Morgan fingerprint density at radius 3 is 3.05 bits per heavy atom. The SMILES string of the molecule is CN(Cc1cccc(F)c1)Cc1n[nH]c2c1CCC2. The van der Waals surface area contributed by atoms with Crippen molar-refractivity contribution in [3.63, 3.8) is 0 Å². The summed E-state index contributed by atoms with van der Waals surface area (Å²) in [6, 6.07) is 6.77. The van der Waals surface area contributed by atoms with Crippen molar-refractivity contribution in [2.75, 3.05) is 7.05 Å². The van der Waals surface area contributed by atoms with Crippen LogP contribution in [0.4, 0.5) is 4.39 Å². The maximum atomic E-state index is 13.1. The van der Waals surface area contributed by atoms with Crippen LogP contribution in [0.1, 0.15) is 28.9 Å². The molecule has 1 heterocycles. The molecule has 0 fully saturated rings. The zero-order chi connectivity index (χ0) is 13.2. The minimum atomic E-state index is -0.174. The van der Waals surface area contributed by atoms with Crippen LogP contribution in [-0.2, 0) is 25.9 Å². The molecule has 19 heavy (non-hydrogen) atoms. The van der Waals surface area contributed by atoms with Crippen LogP contribution in [0, 0.1) is 5.82 Å². The molecule has 0 aliphatic heterocycles. The zero-order valence-corrected chi connectivity index (χ0v) is 11.1. The van der Waals surface area contributed by atoms with E-state index in [0.29, 0.717) is 0 Å². The average Bonchev–Trinajstić information content (AvgIpc) is 2.94. The molecule has 1 aromatic heterocycles. The van der Waals surface area contributed by atoms with Gasteiger partial charge in [-0.2, -0.15) is 5.10 Å². The van der Waals surface area contributed by atoms with Crippen molar-refractivity contribution >= 4 is 0 Å². The molecule has 4 heteroatoms. The summed E-state index contributed by atoms with van der Waals surface area (Å²) in [7, 11) is 2.04. The van der Waals surface area contributed by atoms with Crippen LogP contribution in [0.5, 0.6) is 0 Å². The second-order valence-electron chi connectivity index (χ2n) is 5.28. The van der Waals surface area contributed by atoms with E-state index in [1.54, 1.807) is 12.1 Å². The number of nitrogens with one attached hydrogen (secondary N) is 1. The molecule has 0 amide bonds. The molecular weight excluding hydrogens is 241 g/mol. The molecule has 0 saturated carbocycles. The van der Waals surface area contributed by atoms with Gasteiger partial charge in [-0.05, 0) is 49.6 Å². The van der Waals surface area contributed by atoms with Crippen LogP contribution >= 0.6 is 0 Å². The van der Waals surface area contributed by atoms with Gasteiger partial charge in [-0.25, -0.2) is 4.39 Å². The van der Waals surface area contributed by atoms with E-state index >= 15 is 0 Å². The average molecular weight is 259 g/mol. The summed E-state index contributed by atoms with van der Waals surface area (Å²) in [4.78, 5) is 2.17. The first-order valence-corrected chi connectivity index (χ1v) is 6.70. The normalized spacial score (nSPS) is 14.1. The third-order valence-corrected chi connectivity index (χ3v) is 3.65. The number of halogens is 1. The number of H-pyrrole nitrogens is 1. The van der Waals surface area contributed by atoms with Gasteiger partial charge in [0.2, 0.25) is 0 Å². The fourth-order valence-corrected chi connectivity index (χ4v) is 2.78. The Kier molecular flexibility index (Phi) is 3.34. The molecule has 1 N–H and O–H groups in total. The molecule has 2 aromatic rings. The Morgan fingerprint density at radius 1 is 1.32 bits per heavy atom. The molecule has 0 atom stereocenters. The monoisotopic (exact) mass is 259 g/mol. The Bertz CT molecular complexity index is 577. The molecule has 0 bridgehead atoms. The van der Waals surface area contributed by atoms with E-state index in [1.807, 2.05) is 13.1 Å². The van der Waals surface area contributed by atoms with Gasteiger partial charge in [-0.1, -0.05) is 12.1 Å². The van der Waals surface area contributed by atoms with Gasteiger partial charge >= 0.3 is 0 Å². The predicted molar refractivity (Wildman–Crippen MR) is 72.2 cm³/mol. The molecule has 1 aliphatic carbocycles. The summed E-state index contributed by atoms with van der Waals surface area (Å²) >= 11 is 0. The van der Waals surface area contributed by atoms with Crippen molar-refractivity contribution in [2.24, 2.45) is 0 Å². The highest BCUT2D eigenvalue weighted by Gasteiger charge is 2.19. The Hall–Kier alpha value is -1.68. The standard InChI is InChI=1S/C15H18FN3/c1-19(9-11-4-2-5-12(16)8-11)10-15-13-6-3-7-14(13)17-18-15/h2,4-5,8H,3,6-7,9-10H2,1H3,(H,17,18). The number of aromatic nitrogens is 2. The van der Waals surface area contributed by atoms with Gasteiger partial charge in [0.15, 0.2) is 0 Å². The van der Waals surface area contributed by atoms with Gasteiger partial charge in [0.25, 0.3) is 0 Å². The minimum Gasteiger partial charge on any atom is -0.296 e. The van der Waals surface area contributed by atoms with Gasteiger partial charge < -0.3 is 0 Å². The number of aryl methyl sites for hydroxylation is 1. The topological polar surface area (TPSA) is 31.9 Å². The van der Waals surface area contributed by atoms with Crippen molar-refractivity contribution in [1.82, 2.24) is 15.1 Å². The number of fused-ring (bicyclic) bond motifs is 1. The quantitative estimate of drug-likeness (QED) is 0.915. The number of rotatable bonds is 4. The molecule has 0 radical (unpaired) electrons. The van der Waals surface area contributed by atoms with E-state index in [2.05, 4.69) is 15.1 Å². The lowest BCUT2D eigenvalue weighted by Gasteiger charge is -2.16. The van der Waals surface area contributed by atoms with Crippen molar-refractivity contribution in [3.05, 3.63) is 52.6 Å². The van der Waals surface area contributed by atoms with Crippen LogP contribution < -0.4 is 0 Å². The molecule has 1 aromatic carbocycles. The van der Waals surface area contributed by atoms with E-state index < -0.39 is 0 Å². The van der Waals surface area contributed by atoms with Crippen molar-refractivity contribution in [1.29, 1.82) is 0 Å². The van der Waals surface area contributed by atoms with E-state index in [-0.39, 0.29) is 5.82 Å². The first-order chi connectivity index (χ1) is 9.22. The van der Waals surface area contributed by atoms with Crippen LogP contribution in [0.15, 0.2) is 24.3 Å². The van der Waals surface area contributed by atoms with E-state index in [4.69, 9.17) is 0 Å². The fourth-order valence-electron chi connectivity index (χ4n) is 2.78. The lowest BCUT2D eigenvalue weighted by molar-refractivity contribution is 0.313. The smallest absolute Gasteiger partial charge is 0.123 e. The molecule has 3 nitrogen and oxygen atoms in total. The van der Waals surface area contributed by atoms with Crippen LogP contribution in [-0.4, -0.2) is 22.1 Å². The number of benzene rings is 1. The van der Waals surface area contributed by atoms with Gasteiger partial charge in [-0.15, -0.1) is 0 Å².